The van der Waals surface area contributed by atoms with Crippen molar-refractivity contribution in [2.75, 3.05) is 0 Å². The molecule has 0 amide bonds. The number of esters is 1. The minimum atomic E-state index is -0.232. The highest BCUT2D eigenvalue weighted by Gasteiger charge is 2.15. The van der Waals surface area contributed by atoms with Crippen molar-refractivity contribution in [1.82, 2.24) is 0 Å². The molecule has 94 valence electrons. The quantitative estimate of drug-likeness (QED) is 0.756. The van der Waals surface area contributed by atoms with E-state index in [0.717, 1.165) is 12.0 Å². The van der Waals surface area contributed by atoms with E-state index in [0.29, 0.717) is 18.1 Å². The normalized spacial score (nSPS) is 18.9. The first-order chi connectivity index (χ1) is 8.65. The molecule has 1 aromatic rings. The molecule has 0 bridgehead atoms. The molecule has 2 nitrogen and oxygen atoms in total. The van der Waals surface area contributed by atoms with Gasteiger partial charge in [0.1, 0.15) is 6.61 Å². The van der Waals surface area contributed by atoms with Gasteiger partial charge in [-0.2, -0.15) is 0 Å². The highest BCUT2D eigenvalue weighted by atomic mass is 16.5. The lowest BCUT2D eigenvalue weighted by atomic mass is 9.92. The Balaban J connectivity index is 1.97. The van der Waals surface area contributed by atoms with E-state index in [2.05, 4.69) is 6.92 Å². The summed E-state index contributed by atoms with van der Waals surface area (Å²) in [5, 5.41) is 0. The maximum atomic E-state index is 11.9. The Kier molecular flexibility index (Phi) is 3.98. The highest BCUT2D eigenvalue weighted by Crippen LogP contribution is 2.22. The predicted octanol–water partition coefficient (Wildman–Crippen LogP) is 3.64. The zero-order valence-electron chi connectivity index (χ0n) is 10.8. The summed E-state index contributed by atoms with van der Waals surface area (Å²) in [6.45, 7) is 4.49. The van der Waals surface area contributed by atoms with Gasteiger partial charge in [0.25, 0.3) is 0 Å². The molecule has 0 saturated carbocycles. The molecule has 18 heavy (non-hydrogen) atoms. The lowest BCUT2D eigenvalue weighted by Gasteiger charge is -2.15. The first-order valence-corrected chi connectivity index (χ1v) is 6.25. The molecule has 0 heterocycles. The smallest absolute Gasteiger partial charge is 0.338 e. The largest absolute Gasteiger partial charge is 0.457 e. The topological polar surface area (TPSA) is 26.3 Å². The number of allylic oxidation sites excluding steroid dienone is 2. The number of ether oxygens (including phenoxy) is 1. The zero-order chi connectivity index (χ0) is 13.0. The molecule has 2 rings (SSSR count). The summed E-state index contributed by atoms with van der Waals surface area (Å²) in [5.74, 6) is 0.180. The lowest BCUT2D eigenvalue weighted by Crippen LogP contribution is -2.11. The predicted molar refractivity (Wildman–Crippen MR) is 71.9 cm³/mol. The van der Waals surface area contributed by atoms with Gasteiger partial charge in [-0.05, 0) is 30.9 Å². The van der Waals surface area contributed by atoms with Crippen LogP contribution >= 0.6 is 0 Å². The lowest BCUT2D eigenvalue weighted by molar-refractivity contribution is -0.139. The molecule has 1 atom stereocenters. The van der Waals surface area contributed by atoms with Gasteiger partial charge in [0.2, 0.25) is 0 Å². The van der Waals surface area contributed by atoms with Crippen LogP contribution in [-0.4, -0.2) is 5.97 Å². The van der Waals surface area contributed by atoms with Crippen molar-refractivity contribution in [1.29, 1.82) is 0 Å². The number of hydrogen-bond donors (Lipinski definition) is 0. The van der Waals surface area contributed by atoms with Crippen molar-refractivity contribution in [3.8, 4) is 0 Å². The minimum Gasteiger partial charge on any atom is -0.457 e. The Hall–Kier alpha value is -1.83. The second-order valence-electron chi connectivity index (χ2n) is 4.86. The molecule has 0 N–H and O–H groups in total. The molecule has 0 spiro atoms. The Bertz CT molecular complexity index is 483. The molecule has 0 aliphatic heterocycles. The molecule has 0 fully saturated rings. The van der Waals surface area contributed by atoms with Crippen molar-refractivity contribution >= 4 is 5.97 Å². The fourth-order valence-corrected chi connectivity index (χ4v) is 2.18. The van der Waals surface area contributed by atoms with Gasteiger partial charge in [0.15, 0.2) is 0 Å². The van der Waals surface area contributed by atoms with Gasteiger partial charge in [-0.1, -0.05) is 48.9 Å². The van der Waals surface area contributed by atoms with Gasteiger partial charge in [0.05, 0.1) is 5.57 Å². The van der Waals surface area contributed by atoms with Crippen LogP contribution in [0, 0.1) is 5.92 Å². The molecule has 0 saturated heterocycles. The third-order valence-corrected chi connectivity index (χ3v) is 2.96. The molecule has 1 aliphatic rings. The summed E-state index contributed by atoms with van der Waals surface area (Å²) in [6, 6.07) is 9.73. The number of benzene rings is 1. The minimum absolute atomic E-state index is 0.232. The highest BCUT2D eigenvalue weighted by molar-refractivity contribution is 5.92. The Morgan fingerprint density at radius 1 is 1.33 bits per heavy atom. The second kappa shape index (κ2) is 5.67. The average molecular weight is 242 g/mol. The van der Waals surface area contributed by atoms with Gasteiger partial charge in [-0.25, -0.2) is 4.79 Å². The third kappa shape index (κ3) is 3.33. The molecular weight excluding hydrogens is 224 g/mol. The molecule has 0 radical (unpaired) electrons. The SMILES string of the molecule is CC1=CC(C(=O)OCc2ccccc2)=CC(C)C1. The van der Waals surface area contributed by atoms with Gasteiger partial charge in [0, 0.05) is 0 Å². The van der Waals surface area contributed by atoms with Gasteiger partial charge >= 0.3 is 5.97 Å². The van der Waals surface area contributed by atoms with E-state index in [9.17, 15) is 4.79 Å². The summed E-state index contributed by atoms with van der Waals surface area (Å²) in [7, 11) is 0. The Morgan fingerprint density at radius 3 is 2.72 bits per heavy atom. The summed E-state index contributed by atoms with van der Waals surface area (Å²) >= 11 is 0. The Morgan fingerprint density at radius 2 is 2.06 bits per heavy atom. The monoisotopic (exact) mass is 242 g/mol. The molecule has 0 aromatic heterocycles. The van der Waals surface area contributed by atoms with E-state index < -0.39 is 0 Å². The van der Waals surface area contributed by atoms with E-state index in [-0.39, 0.29) is 5.97 Å². The van der Waals surface area contributed by atoms with Crippen LogP contribution in [-0.2, 0) is 16.1 Å². The first-order valence-electron chi connectivity index (χ1n) is 6.25. The molecule has 1 aliphatic carbocycles. The molecular formula is C16H18O2. The Labute approximate surface area is 108 Å². The number of hydrogen-bond acceptors (Lipinski definition) is 2. The fraction of sp³-hybridized carbons (Fsp3) is 0.312. The van der Waals surface area contributed by atoms with E-state index >= 15 is 0 Å². The van der Waals surface area contributed by atoms with Crippen LogP contribution in [0.4, 0.5) is 0 Å². The number of rotatable bonds is 3. The fourth-order valence-electron chi connectivity index (χ4n) is 2.18. The average Bonchev–Trinajstić information content (AvgIpc) is 2.36. The van der Waals surface area contributed by atoms with Crippen molar-refractivity contribution in [2.45, 2.75) is 26.9 Å². The van der Waals surface area contributed by atoms with Crippen molar-refractivity contribution in [2.24, 2.45) is 5.92 Å². The van der Waals surface area contributed by atoms with E-state index in [1.807, 2.05) is 49.4 Å². The molecule has 1 aromatic carbocycles. The van der Waals surface area contributed by atoms with Crippen LogP contribution in [0.2, 0.25) is 0 Å². The number of carbonyl (C=O) groups is 1. The second-order valence-corrected chi connectivity index (χ2v) is 4.86. The zero-order valence-corrected chi connectivity index (χ0v) is 10.8. The third-order valence-electron chi connectivity index (χ3n) is 2.96. The van der Waals surface area contributed by atoms with Gasteiger partial charge < -0.3 is 4.74 Å². The van der Waals surface area contributed by atoms with Crippen LogP contribution < -0.4 is 0 Å². The van der Waals surface area contributed by atoms with Crippen LogP contribution in [0.1, 0.15) is 25.8 Å². The van der Waals surface area contributed by atoms with E-state index in [1.54, 1.807) is 0 Å². The standard InChI is InChI=1S/C16H18O2/c1-12-8-13(2)10-15(9-12)16(17)18-11-14-6-4-3-5-7-14/h3-7,9-10,12H,8,11H2,1-2H3. The molecule has 1 unspecified atom stereocenters. The van der Waals surface area contributed by atoms with Crippen molar-refractivity contribution in [3.05, 3.63) is 59.2 Å². The van der Waals surface area contributed by atoms with Gasteiger partial charge in [-0.3, -0.25) is 0 Å². The van der Waals surface area contributed by atoms with Gasteiger partial charge in [-0.15, -0.1) is 0 Å². The van der Waals surface area contributed by atoms with E-state index in [1.165, 1.54) is 5.57 Å². The van der Waals surface area contributed by atoms with Crippen molar-refractivity contribution in [3.63, 3.8) is 0 Å². The summed E-state index contributed by atoms with van der Waals surface area (Å²) in [6.07, 6.45) is 4.93. The molecule has 2 heteroatoms. The summed E-state index contributed by atoms with van der Waals surface area (Å²) < 4.78 is 5.31. The summed E-state index contributed by atoms with van der Waals surface area (Å²) in [4.78, 5) is 11.9. The van der Waals surface area contributed by atoms with Crippen LogP contribution in [0.15, 0.2) is 53.6 Å². The van der Waals surface area contributed by atoms with E-state index in [4.69, 9.17) is 4.74 Å². The summed E-state index contributed by atoms with van der Waals surface area (Å²) in [5.41, 5.74) is 2.93. The first kappa shape index (κ1) is 12.6. The maximum Gasteiger partial charge on any atom is 0.338 e. The van der Waals surface area contributed by atoms with Crippen molar-refractivity contribution < 1.29 is 9.53 Å². The van der Waals surface area contributed by atoms with Crippen LogP contribution in [0.3, 0.4) is 0 Å². The maximum absolute atomic E-state index is 11.9. The van der Waals surface area contributed by atoms with Crippen LogP contribution in [0.25, 0.3) is 0 Å². The number of carbonyl (C=O) groups excluding carboxylic acids is 1. The van der Waals surface area contributed by atoms with Crippen LogP contribution in [0.5, 0.6) is 0 Å².